The van der Waals surface area contributed by atoms with Crippen LogP contribution >= 0.6 is 0 Å². The predicted octanol–water partition coefficient (Wildman–Crippen LogP) is 3.50. The maximum absolute atomic E-state index is 5.24. The number of nitrogens with one attached hydrogen (secondary N) is 1. The molecule has 0 aliphatic heterocycles. The van der Waals surface area contributed by atoms with E-state index in [0.29, 0.717) is 12.0 Å². The van der Waals surface area contributed by atoms with E-state index in [9.17, 15) is 0 Å². The molecule has 0 saturated carbocycles. The van der Waals surface area contributed by atoms with Gasteiger partial charge in [0.2, 0.25) is 0 Å². The number of hydrogen-bond donors (Lipinski definition) is 1. The van der Waals surface area contributed by atoms with Crippen LogP contribution in [0.4, 0.5) is 0 Å². The summed E-state index contributed by atoms with van der Waals surface area (Å²) in [7, 11) is 1.71. The van der Waals surface area contributed by atoms with E-state index in [-0.39, 0.29) is 0 Å². The lowest BCUT2D eigenvalue weighted by atomic mass is 9.91. The van der Waals surface area contributed by atoms with Crippen LogP contribution in [-0.2, 0) is 0 Å². The summed E-state index contributed by atoms with van der Waals surface area (Å²) < 4.78 is 5.24. The highest BCUT2D eigenvalue weighted by molar-refractivity contribution is 5.36. The van der Waals surface area contributed by atoms with Crippen molar-refractivity contribution in [1.82, 2.24) is 5.32 Å². The van der Waals surface area contributed by atoms with Crippen molar-refractivity contribution in [2.75, 3.05) is 13.7 Å². The maximum atomic E-state index is 5.24. The molecule has 17 heavy (non-hydrogen) atoms. The molecule has 0 aromatic heterocycles. The molecule has 2 nitrogen and oxygen atoms in total. The van der Waals surface area contributed by atoms with Crippen LogP contribution in [0.3, 0.4) is 0 Å². The van der Waals surface area contributed by atoms with E-state index in [0.717, 1.165) is 12.3 Å². The zero-order chi connectivity index (χ0) is 12.8. The third kappa shape index (κ3) is 4.04. The summed E-state index contributed by atoms with van der Waals surface area (Å²) in [6.45, 7) is 9.89. The van der Waals surface area contributed by atoms with Gasteiger partial charge in [0, 0.05) is 6.04 Å². The summed E-state index contributed by atoms with van der Waals surface area (Å²) in [6.07, 6.45) is 1.17. The first-order chi connectivity index (χ1) is 8.08. The van der Waals surface area contributed by atoms with E-state index in [1.54, 1.807) is 7.11 Å². The molecular formula is C15H25NO. The number of benzene rings is 1. The molecule has 96 valence electrons. The van der Waals surface area contributed by atoms with E-state index < -0.39 is 0 Å². The summed E-state index contributed by atoms with van der Waals surface area (Å²) in [5.41, 5.74) is 2.75. The van der Waals surface area contributed by atoms with Crippen LogP contribution in [0.15, 0.2) is 18.2 Å². The minimum absolute atomic E-state index is 0.566. The fourth-order valence-corrected chi connectivity index (χ4v) is 2.42. The van der Waals surface area contributed by atoms with E-state index in [4.69, 9.17) is 4.74 Å². The summed E-state index contributed by atoms with van der Waals surface area (Å²) >= 11 is 0. The van der Waals surface area contributed by atoms with Crippen molar-refractivity contribution < 1.29 is 4.74 Å². The maximum Gasteiger partial charge on any atom is 0.119 e. The largest absolute Gasteiger partial charge is 0.497 e. The molecular weight excluding hydrogens is 210 g/mol. The van der Waals surface area contributed by atoms with Gasteiger partial charge in [-0.15, -0.1) is 0 Å². The molecule has 1 rings (SSSR count). The second kappa shape index (κ2) is 6.65. The summed E-state index contributed by atoms with van der Waals surface area (Å²) in [4.78, 5) is 0. The number of hydrogen-bond acceptors (Lipinski definition) is 2. The van der Waals surface area contributed by atoms with Crippen LogP contribution < -0.4 is 10.1 Å². The molecule has 0 aliphatic rings. The molecule has 0 spiro atoms. The van der Waals surface area contributed by atoms with E-state index >= 15 is 0 Å². The minimum Gasteiger partial charge on any atom is -0.497 e. The molecule has 0 radical (unpaired) electrons. The second-order valence-corrected chi connectivity index (χ2v) is 4.82. The third-order valence-corrected chi connectivity index (χ3v) is 3.27. The van der Waals surface area contributed by atoms with E-state index in [1.165, 1.54) is 17.5 Å². The van der Waals surface area contributed by atoms with Gasteiger partial charge >= 0.3 is 0 Å². The van der Waals surface area contributed by atoms with Crippen molar-refractivity contribution in [2.24, 2.45) is 0 Å². The molecule has 0 bridgehead atoms. The Morgan fingerprint density at radius 3 is 2.53 bits per heavy atom. The Kier molecular flexibility index (Phi) is 5.49. The van der Waals surface area contributed by atoms with Gasteiger partial charge in [-0.25, -0.2) is 0 Å². The zero-order valence-electron chi connectivity index (χ0n) is 11.7. The SMILES string of the molecule is CCNC(C)CC(C)c1ccc(OC)cc1C. The minimum atomic E-state index is 0.566. The van der Waals surface area contributed by atoms with Gasteiger partial charge in [-0.1, -0.05) is 19.9 Å². The van der Waals surface area contributed by atoms with Crippen molar-refractivity contribution in [3.05, 3.63) is 29.3 Å². The van der Waals surface area contributed by atoms with Gasteiger partial charge in [0.25, 0.3) is 0 Å². The number of rotatable bonds is 6. The average molecular weight is 235 g/mol. The summed E-state index contributed by atoms with van der Waals surface area (Å²) in [5, 5.41) is 3.46. The Labute approximate surface area is 105 Å². The topological polar surface area (TPSA) is 21.3 Å². The Balaban J connectivity index is 2.71. The first kappa shape index (κ1) is 14.0. The molecule has 1 aromatic rings. The molecule has 0 heterocycles. The standard InChI is InChI=1S/C15H25NO/c1-6-16-13(4)9-11(2)15-8-7-14(17-5)10-12(15)3/h7-8,10-11,13,16H,6,9H2,1-5H3. The van der Waals surface area contributed by atoms with Gasteiger partial charge in [-0.3, -0.25) is 0 Å². The van der Waals surface area contributed by atoms with E-state index in [1.807, 2.05) is 0 Å². The van der Waals surface area contributed by atoms with Gasteiger partial charge < -0.3 is 10.1 Å². The molecule has 0 amide bonds. The Bertz CT molecular complexity index is 349. The van der Waals surface area contributed by atoms with Crippen molar-refractivity contribution in [2.45, 2.75) is 46.1 Å². The fourth-order valence-electron chi connectivity index (χ4n) is 2.42. The predicted molar refractivity (Wildman–Crippen MR) is 73.9 cm³/mol. The first-order valence-electron chi connectivity index (χ1n) is 6.46. The molecule has 0 aliphatic carbocycles. The highest BCUT2D eigenvalue weighted by atomic mass is 16.5. The smallest absolute Gasteiger partial charge is 0.119 e. The fraction of sp³-hybridized carbons (Fsp3) is 0.600. The Hall–Kier alpha value is -1.02. The van der Waals surface area contributed by atoms with Gasteiger partial charge in [-0.2, -0.15) is 0 Å². The first-order valence-corrected chi connectivity index (χ1v) is 6.46. The highest BCUT2D eigenvalue weighted by Crippen LogP contribution is 2.26. The van der Waals surface area contributed by atoms with Gasteiger partial charge in [0.1, 0.15) is 5.75 Å². The van der Waals surface area contributed by atoms with Crippen molar-refractivity contribution in [3.8, 4) is 5.75 Å². The third-order valence-electron chi connectivity index (χ3n) is 3.27. The molecule has 2 unspecified atom stereocenters. The molecule has 2 heteroatoms. The molecule has 1 aromatic carbocycles. The quantitative estimate of drug-likeness (QED) is 0.815. The van der Waals surface area contributed by atoms with Crippen LogP contribution in [0.2, 0.25) is 0 Å². The van der Waals surface area contributed by atoms with Gasteiger partial charge in [-0.05, 0) is 56.0 Å². The molecule has 2 atom stereocenters. The molecule has 0 saturated heterocycles. The Morgan fingerprint density at radius 1 is 1.29 bits per heavy atom. The van der Waals surface area contributed by atoms with Crippen LogP contribution in [0.25, 0.3) is 0 Å². The van der Waals surface area contributed by atoms with Crippen LogP contribution in [0, 0.1) is 6.92 Å². The van der Waals surface area contributed by atoms with Crippen LogP contribution in [-0.4, -0.2) is 19.7 Å². The van der Waals surface area contributed by atoms with Crippen molar-refractivity contribution in [3.63, 3.8) is 0 Å². The van der Waals surface area contributed by atoms with Gasteiger partial charge in [0.05, 0.1) is 7.11 Å². The van der Waals surface area contributed by atoms with E-state index in [2.05, 4.69) is 51.2 Å². The summed E-state index contributed by atoms with van der Waals surface area (Å²) in [5.74, 6) is 1.52. The van der Waals surface area contributed by atoms with Crippen molar-refractivity contribution in [1.29, 1.82) is 0 Å². The number of aryl methyl sites for hydroxylation is 1. The molecule has 0 fully saturated rings. The highest BCUT2D eigenvalue weighted by Gasteiger charge is 2.12. The summed E-state index contributed by atoms with van der Waals surface area (Å²) in [6, 6.07) is 6.93. The lowest BCUT2D eigenvalue weighted by Gasteiger charge is -2.20. The number of ether oxygens (including phenoxy) is 1. The lowest BCUT2D eigenvalue weighted by molar-refractivity contribution is 0.414. The average Bonchev–Trinajstić information content (AvgIpc) is 2.28. The van der Waals surface area contributed by atoms with Crippen LogP contribution in [0.5, 0.6) is 5.75 Å². The normalized spacial score (nSPS) is 14.4. The lowest BCUT2D eigenvalue weighted by Crippen LogP contribution is -2.27. The van der Waals surface area contributed by atoms with Crippen molar-refractivity contribution >= 4 is 0 Å². The second-order valence-electron chi connectivity index (χ2n) is 4.82. The van der Waals surface area contributed by atoms with Crippen LogP contribution in [0.1, 0.15) is 44.2 Å². The Morgan fingerprint density at radius 2 is 2.00 bits per heavy atom. The monoisotopic (exact) mass is 235 g/mol. The van der Waals surface area contributed by atoms with Gasteiger partial charge in [0.15, 0.2) is 0 Å². The number of methoxy groups -OCH3 is 1. The molecule has 1 N–H and O–H groups in total. The zero-order valence-corrected chi connectivity index (χ0v) is 11.7.